The van der Waals surface area contributed by atoms with E-state index < -0.39 is 17.8 Å². The lowest BCUT2D eigenvalue weighted by atomic mass is 9.97. The van der Waals surface area contributed by atoms with E-state index >= 15 is 0 Å². The van der Waals surface area contributed by atoms with Gasteiger partial charge in [0.15, 0.2) is 5.76 Å². The van der Waals surface area contributed by atoms with E-state index in [0.717, 1.165) is 0 Å². The number of benzene rings is 1. The minimum atomic E-state index is -0.916. The number of nitrogens with one attached hydrogen (secondary N) is 1. The maximum absolute atomic E-state index is 12.3. The van der Waals surface area contributed by atoms with Crippen LogP contribution in [-0.2, 0) is 11.4 Å². The van der Waals surface area contributed by atoms with E-state index in [-0.39, 0.29) is 24.8 Å². The SMILES string of the molecule is CC(C)CC(CNC(=O)c1occc1COc1ccccc1)C(=O)O. The van der Waals surface area contributed by atoms with Gasteiger partial charge in [0, 0.05) is 12.1 Å². The van der Waals surface area contributed by atoms with Gasteiger partial charge in [-0.05, 0) is 30.5 Å². The Morgan fingerprint density at radius 3 is 2.56 bits per heavy atom. The van der Waals surface area contributed by atoms with Gasteiger partial charge in [0.1, 0.15) is 12.4 Å². The zero-order chi connectivity index (χ0) is 18.2. The zero-order valence-corrected chi connectivity index (χ0v) is 14.4. The van der Waals surface area contributed by atoms with Crippen molar-refractivity contribution >= 4 is 11.9 Å². The molecule has 0 bridgehead atoms. The number of hydrogen-bond donors (Lipinski definition) is 2. The average Bonchev–Trinajstić information content (AvgIpc) is 3.05. The van der Waals surface area contributed by atoms with Crippen LogP contribution in [0.5, 0.6) is 5.75 Å². The third-order valence-corrected chi connectivity index (χ3v) is 3.70. The summed E-state index contributed by atoms with van der Waals surface area (Å²) in [5, 5.41) is 11.9. The first-order chi connectivity index (χ1) is 12.0. The fraction of sp³-hybridized carbons (Fsp3) is 0.368. The van der Waals surface area contributed by atoms with Gasteiger partial charge < -0.3 is 19.6 Å². The molecule has 0 aliphatic heterocycles. The van der Waals surface area contributed by atoms with Gasteiger partial charge in [0.2, 0.25) is 0 Å². The Balaban J connectivity index is 1.93. The maximum atomic E-state index is 12.3. The Hall–Kier alpha value is -2.76. The second-order valence-corrected chi connectivity index (χ2v) is 6.25. The van der Waals surface area contributed by atoms with Crippen LogP contribution in [0.4, 0.5) is 0 Å². The normalized spacial score (nSPS) is 12.0. The van der Waals surface area contributed by atoms with Crippen molar-refractivity contribution < 1.29 is 23.8 Å². The summed E-state index contributed by atoms with van der Waals surface area (Å²) in [6.07, 6.45) is 1.92. The molecule has 0 fully saturated rings. The van der Waals surface area contributed by atoms with Crippen molar-refractivity contribution in [3.05, 3.63) is 54.0 Å². The quantitative estimate of drug-likeness (QED) is 0.728. The smallest absolute Gasteiger partial charge is 0.308 e. The molecule has 25 heavy (non-hydrogen) atoms. The first kappa shape index (κ1) is 18.6. The number of amides is 1. The lowest BCUT2D eigenvalue weighted by molar-refractivity contribution is -0.142. The summed E-state index contributed by atoms with van der Waals surface area (Å²) in [6.45, 7) is 4.15. The number of carboxylic acid groups (broad SMARTS) is 1. The monoisotopic (exact) mass is 345 g/mol. The lowest BCUT2D eigenvalue weighted by Crippen LogP contribution is -2.34. The number of rotatable bonds is 9. The van der Waals surface area contributed by atoms with Crippen molar-refractivity contribution in [3.63, 3.8) is 0 Å². The fourth-order valence-corrected chi connectivity index (χ4v) is 2.46. The number of aliphatic carboxylic acids is 1. The van der Waals surface area contributed by atoms with Crippen molar-refractivity contribution in [3.8, 4) is 5.75 Å². The van der Waals surface area contributed by atoms with E-state index in [1.54, 1.807) is 6.07 Å². The minimum Gasteiger partial charge on any atom is -0.489 e. The zero-order valence-electron chi connectivity index (χ0n) is 14.4. The molecule has 0 aliphatic carbocycles. The topological polar surface area (TPSA) is 88.8 Å². The molecule has 134 valence electrons. The molecule has 0 aliphatic rings. The Labute approximate surface area is 146 Å². The fourth-order valence-electron chi connectivity index (χ4n) is 2.46. The van der Waals surface area contributed by atoms with Crippen molar-refractivity contribution in [2.75, 3.05) is 6.54 Å². The molecule has 0 saturated heterocycles. The highest BCUT2D eigenvalue weighted by Gasteiger charge is 2.22. The van der Waals surface area contributed by atoms with Gasteiger partial charge in [0.25, 0.3) is 5.91 Å². The third kappa shape index (κ3) is 5.67. The molecular weight excluding hydrogens is 322 g/mol. The number of carbonyl (C=O) groups is 2. The Morgan fingerprint density at radius 1 is 1.20 bits per heavy atom. The maximum Gasteiger partial charge on any atom is 0.308 e. The molecule has 0 spiro atoms. The molecule has 1 heterocycles. The van der Waals surface area contributed by atoms with Crippen LogP contribution < -0.4 is 10.1 Å². The standard InChI is InChI=1S/C19H23NO5/c1-13(2)10-15(19(22)23)11-20-18(21)17-14(8-9-24-17)12-25-16-6-4-3-5-7-16/h3-9,13,15H,10-12H2,1-2H3,(H,20,21)(H,22,23). The second-order valence-electron chi connectivity index (χ2n) is 6.25. The molecule has 0 saturated carbocycles. The number of hydrogen-bond acceptors (Lipinski definition) is 4. The molecular formula is C19H23NO5. The van der Waals surface area contributed by atoms with E-state index in [4.69, 9.17) is 9.15 Å². The molecule has 2 rings (SSSR count). The van der Waals surface area contributed by atoms with Crippen molar-refractivity contribution in [2.24, 2.45) is 11.8 Å². The van der Waals surface area contributed by atoms with Crippen molar-refractivity contribution in [1.82, 2.24) is 5.32 Å². The molecule has 1 unspecified atom stereocenters. The summed E-state index contributed by atoms with van der Waals surface area (Å²) < 4.78 is 10.9. The predicted molar refractivity (Wildman–Crippen MR) is 92.4 cm³/mol. The Kier molecular flexibility index (Phi) is 6.62. The summed E-state index contributed by atoms with van der Waals surface area (Å²) in [6, 6.07) is 10.9. The number of ether oxygens (including phenoxy) is 1. The van der Waals surface area contributed by atoms with E-state index in [9.17, 15) is 14.7 Å². The molecule has 6 nitrogen and oxygen atoms in total. The van der Waals surface area contributed by atoms with Gasteiger partial charge in [-0.2, -0.15) is 0 Å². The molecule has 1 aromatic carbocycles. The molecule has 0 radical (unpaired) electrons. The first-order valence-corrected chi connectivity index (χ1v) is 8.22. The van der Waals surface area contributed by atoms with E-state index in [2.05, 4.69) is 5.32 Å². The van der Waals surface area contributed by atoms with Crippen LogP contribution in [0.1, 0.15) is 36.4 Å². The van der Waals surface area contributed by atoms with Crippen molar-refractivity contribution in [1.29, 1.82) is 0 Å². The van der Waals surface area contributed by atoms with Crippen LogP contribution in [0.15, 0.2) is 47.1 Å². The van der Waals surface area contributed by atoms with Crippen LogP contribution in [0.3, 0.4) is 0 Å². The van der Waals surface area contributed by atoms with Gasteiger partial charge in [-0.25, -0.2) is 0 Å². The van der Waals surface area contributed by atoms with Gasteiger partial charge in [-0.1, -0.05) is 32.0 Å². The summed E-state index contributed by atoms with van der Waals surface area (Å²) >= 11 is 0. The molecule has 2 aromatic rings. The summed E-state index contributed by atoms with van der Waals surface area (Å²) in [5.74, 6) is -0.908. The highest BCUT2D eigenvalue weighted by atomic mass is 16.5. The second kappa shape index (κ2) is 8.92. The van der Waals surface area contributed by atoms with Gasteiger partial charge in [-0.15, -0.1) is 0 Å². The highest BCUT2D eigenvalue weighted by molar-refractivity contribution is 5.93. The van der Waals surface area contributed by atoms with E-state index in [1.165, 1.54) is 6.26 Å². The van der Waals surface area contributed by atoms with E-state index in [0.29, 0.717) is 17.7 Å². The number of furan rings is 1. The van der Waals surface area contributed by atoms with Crippen LogP contribution in [0.25, 0.3) is 0 Å². The highest BCUT2D eigenvalue weighted by Crippen LogP contribution is 2.16. The van der Waals surface area contributed by atoms with Gasteiger partial charge in [-0.3, -0.25) is 9.59 Å². The van der Waals surface area contributed by atoms with Crippen molar-refractivity contribution in [2.45, 2.75) is 26.9 Å². The Morgan fingerprint density at radius 2 is 1.92 bits per heavy atom. The molecule has 6 heteroatoms. The van der Waals surface area contributed by atoms with Gasteiger partial charge in [0.05, 0.1) is 12.2 Å². The largest absolute Gasteiger partial charge is 0.489 e. The number of carboxylic acids is 1. The summed E-state index contributed by atoms with van der Waals surface area (Å²) in [7, 11) is 0. The lowest BCUT2D eigenvalue weighted by Gasteiger charge is -2.15. The van der Waals surface area contributed by atoms with E-state index in [1.807, 2.05) is 44.2 Å². The average molecular weight is 345 g/mol. The van der Waals surface area contributed by atoms with Crippen LogP contribution in [-0.4, -0.2) is 23.5 Å². The summed E-state index contributed by atoms with van der Waals surface area (Å²) in [4.78, 5) is 23.6. The molecule has 2 N–H and O–H groups in total. The van der Waals surface area contributed by atoms with Crippen LogP contribution >= 0.6 is 0 Å². The molecule has 1 amide bonds. The van der Waals surface area contributed by atoms with Crippen LogP contribution in [0.2, 0.25) is 0 Å². The molecule has 1 aromatic heterocycles. The Bertz CT molecular complexity index is 693. The summed E-state index contributed by atoms with van der Waals surface area (Å²) in [5.41, 5.74) is 0.608. The first-order valence-electron chi connectivity index (χ1n) is 8.22. The minimum absolute atomic E-state index is 0.0615. The third-order valence-electron chi connectivity index (χ3n) is 3.70. The number of carbonyl (C=O) groups excluding carboxylic acids is 1. The predicted octanol–water partition coefficient (Wildman–Crippen LogP) is 3.34. The molecule has 1 atom stereocenters. The number of para-hydroxylation sites is 1. The van der Waals surface area contributed by atoms with Gasteiger partial charge >= 0.3 is 5.97 Å². The van der Waals surface area contributed by atoms with Crippen LogP contribution in [0, 0.1) is 11.8 Å².